The molecule has 0 atom stereocenters. The lowest BCUT2D eigenvalue weighted by molar-refractivity contribution is 0.0691. The lowest BCUT2D eigenvalue weighted by Crippen LogP contribution is -2.40. The highest BCUT2D eigenvalue weighted by atomic mass is 32.1. The molecular formula is C13H22N4O3S. The van der Waals surface area contributed by atoms with Gasteiger partial charge in [-0.2, -0.15) is 0 Å². The molecule has 2 amide bonds. The predicted octanol–water partition coefficient (Wildman–Crippen LogP) is 1.32. The van der Waals surface area contributed by atoms with E-state index in [2.05, 4.69) is 15.2 Å². The zero-order valence-electron chi connectivity index (χ0n) is 12.6. The average molecular weight is 314 g/mol. The Morgan fingerprint density at radius 1 is 1.38 bits per heavy atom. The number of aromatic nitrogens is 1. The number of urea groups is 1. The first kappa shape index (κ1) is 17.4. The molecule has 7 nitrogen and oxygen atoms in total. The van der Waals surface area contributed by atoms with Crippen LogP contribution in [-0.4, -0.2) is 65.6 Å². The molecule has 0 aliphatic heterocycles. The van der Waals surface area contributed by atoms with Crippen molar-refractivity contribution in [2.24, 2.45) is 0 Å². The minimum Gasteiger partial charge on any atom is -0.476 e. The third-order valence-corrected chi connectivity index (χ3v) is 3.71. The van der Waals surface area contributed by atoms with Crippen molar-refractivity contribution in [1.82, 2.24) is 20.1 Å². The summed E-state index contributed by atoms with van der Waals surface area (Å²) in [7, 11) is 4.00. The molecule has 8 heteroatoms. The normalized spacial score (nSPS) is 10.7. The third-order valence-electron chi connectivity index (χ3n) is 2.86. The SMILES string of the molecule is CCN(CCCN(C)C)C(=O)NCc1nc(C(=O)O)cs1. The number of nitrogens with one attached hydrogen (secondary N) is 1. The highest BCUT2D eigenvalue weighted by Crippen LogP contribution is 2.09. The van der Waals surface area contributed by atoms with E-state index in [9.17, 15) is 9.59 Å². The van der Waals surface area contributed by atoms with Gasteiger partial charge in [-0.05, 0) is 34.0 Å². The molecule has 0 saturated carbocycles. The Morgan fingerprint density at radius 2 is 2.10 bits per heavy atom. The molecule has 1 aromatic heterocycles. The molecule has 0 fully saturated rings. The summed E-state index contributed by atoms with van der Waals surface area (Å²) in [5.74, 6) is -1.05. The smallest absolute Gasteiger partial charge is 0.355 e. The van der Waals surface area contributed by atoms with Gasteiger partial charge in [-0.15, -0.1) is 11.3 Å². The van der Waals surface area contributed by atoms with E-state index in [0.29, 0.717) is 18.1 Å². The lowest BCUT2D eigenvalue weighted by Gasteiger charge is -2.22. The van der Waals surface area contributed by atoms with Gasteiger partial charge in [0.25, 0.3) is 0 Å². The van der Waals surface area contributed by atoms with E-state index in [4.69, 9.17) is 5.11 Å². The van der Waals surface area contributed by atoms with E-state index in [1.54, 1.807) is 4.90 Å². The number of carboxylic acid groups (broad SMARTS) is 1. The molecule has 1 aromatic rings. The molecule has 118 valence electrons. The van der Waals surface area contributed by atoms with Crippen molar-refractivity contribution in [2.45, 2.75) is 19.9 Å². The molecule has 0 radical (unpaired) electrons. The van der Waals surface area contributed by atoms with Crippen LogP contribution >= 0.6 is 11.3 Å². The van der Waals surface area contributed by atoms with Crippen LogP contribution in [0.5, 0.6) is 0 Å². The first-order valence-corrected chi connectivity index (χ1v) is 7.67. The summed E-state index contributed by atoms with van der Waals surface area (Å²) < 4.78 is 0. The minimum atomic E-state index is -1.05. The molecule has 0 spiro atoms. The van der Waals surface area contributed by atoms with E-state index < -0.39 is 5.97 Å². The number of amides is 2. The molecule has 0 bridgehead atoms. The highest BCUT2D eigenvalue weighted by molar-refractivity contribution is 7.09. The summed E-state index contributed by atoms with van der Waals surface area (Å²) in [6.45, 7) is 4.44. The van der Waals surface area contributed by atoms with Gasteiger partial charge in [-0.1, -0.05) is 0 Å². The van der Waals surface area contributed by atoms with Gasteiger partial charge in [-0.3, -0.25) is 0 Å². The molecule has 1 heterocycles. The lowest BCUT2D eigenvalue weighted by atomic mass is 10.3. The summed E-state index contributed by atoms with van der Waals surface area (Å²) in [6.07, 6.45) is 0.911. The van der Waals surface area contributed by atoms with E-state index in [1.807, 2.05) is 21.0 Å². The van der Waals surface area contributed by atoms with Crippen LogP contribution in [0.15, 0.2) is 5.38 Å². The van der Waals surface area contributed by atoms with Gasteiger partial charge in [0.15, 0.2) is 5.69 Å². The zero-order chi connectivity index (χ0) is 15.8. The Morgan fingerprint density at radius 3 is 2.62 bits per heavy atom. The van der Waals surface area contributed by atoms with Gasteiger partial charge in [0.05, 0.1) is 6.54 Å². The van der Waals surface area contributed by atoms with Crippen LogP contribution in [0.25, 0.3) is 0 Å². The Labute approximate surface area is 128 Å². The van der Waals surface area contributed by atoms with Crippen LogP contribution in [-0.2, 0) is 6.54 Å². The largest absolute Gasteiger partial charge is 0.476 e. The molecule has 0 aliphatic carbocycles. The second-order valence-corrected chi connectivity index (χ2v) is 5.77. The number of nitrogens with zero attached hydrogens (tertiary/aromatic N) is 3. The van der Waals surface area contributed by atoms with Crippen molar-refractivity contribution in [3.63, 3.8) is 0 Å². The van der Waals surface area contributed by atoms with Crippen LogP contribution in [0.2, 0.25) is 0 Å². The number of hydrogen-bond donors (Lipinski definition) is 2. The highest BCUT2D eigenvalue weighted by Gasteiger charge is 2.13. The van der Waals surface area contributed by atoms with Gasteiger partial charge >= 0.3 is 12.0 Å². The predicted molar refractivity (Wildman–Crippen MR) is 81.7 cm³/mol. The Bertz CT molecular complexity index is 476. The van der Waals surface area contributed by atoms with Gasteiger partial charge in [0, 0.05) is 18.5 Å². The molecule has 0 aromatic carbocycles. The zero-order valence-corrected chi connectivity index (χ0v) is 13.4. The number of carboxylic acids is 1. The van der Waals surface area contributed by atoms with Crippen LogP contribution in [0.1, 0.15) is 28.8 Å². The first-order chi connectivity index (χ1) is 9.93. The Hall–Kier alpha value is -1.67. The molecule has 1 rings (SSSR count). The molecule has 0 aliphatic rings. The first-order valence-electron chi connectivity index (χ1n) is 6.79. The number of carbonyl (C=O) groups is 2. The molecule has 0 saturated heterocycles. The fraction of sp³-hybridized carbons (Fsp3) is 0.615. The summed E-state index contributed by atoms with van der Waals surface area (Å²) in [6, 6.07) is -0.150. The maximum atomic E-state index is 12.0. The van der Waals surface area contributed by atoms with E-state index in [0.717, 1.165) is 13.0 Å². The van der Waals surface area contributed by atoms with E-state index in [-0.39, 0.29) is 18.3 Å². The molecule has 2 N–H and O–H groups in total. The van der Waals surface area contributed by atoms with Crippen molar-refractivity contribution in [2.75, 3.05) is 33.7 Å². The van der Waals surface area contributed by atoms with Crippen molar-refractivity contribution >= 4 is 23.3 Å². The summed E-state index contributed by atoms with van der Waals surface area (Å²) in [4.78, 5) is 30.5. The number of thiazole rings is 1. The fourth-order valence-electron chi connectivity index (χ4n) is 1.73. The van der Waals surface area contributed by atoms with Crippen LogP contribution < -0.4 is 5.32 Å². The number of hydrogen-bond acceptors (Lipinski definition) is 5. The van der Waals surface area contributed by atoms with Crippen LogP contribution in [0, 0.1) is 0 Å². The van der Waals surface area contributed by atoms with Crippen molar-refractivity contribution < 1.29 is 14.7 Å². The average Bonchev–Trinajstić information content (AvgIpc) is 2.89. The monoisotopic (exact) mass is 314 g/mol. The standard InChI is InChI=1S/C13H22N4O3S/c1-4-17(7-5-6-16(2)3)13(20)14-8-11-15-10(9-21-11)12(18)19/h9H,4-8H2,1-3H3,(H,14,20)(H,18,19). The number of rotatable bonds is 8. The summed E-state index contributed by atoms with van der Waals surface area (Å²) >= 11 is 1.23. The second kappa shape index (κ2) is 8.58. The van der Waals surface area contributed by atoms with E-state index in [1.165, 1.54) is 16.7 Å². The van der Waals surface area contributed by atoms with Crippen LogP contribution in [0.4, 0.5) is 4.79 Å². The van der Waals surface area contributed by atoms with E-state index >= 15 is 0 Å². The molecule has 21 heavy (non-hydrogen) atoms. The third kappa shape index (κ3) is 6.09. The summed E-state index contributed by atoms with van der Waals surface area (Å²) in [5, 5.41) is 13.6. The maximum absolute atomic E-state index is 12.0. The van der Waals surface area contributed by atoms with Crippen LogP contribution in [0.3, 0.4) is 0 Å². The summed E-state index contributed by atoms with van der Waals surface area (Å²) in [5.41, 5.74) is 0.0163. The number of carbonyl (C=O) groups excluding carboxylic acids is 1. The van der Waals surface area contributed by atoms with Gasteiger partial charge < -0.3 is 20.2 Å². The van der Waals surface area contributed by atoms with Crippen molar-refractivity contribution in [1.29, 1.82) is 0 Å². The Balaban J connectivity index is 2.40. The fourth-order valence-corrected chi connectivity index (χ4v) is 2.44. The quantitative estimate of drug-likeness (QED) is 0.756. The maximum Gasteiger partial charge on any atom is 0.355 e. The molecule has 0 unspecified atom stereocenters. The van der Waals surface area contributed by atoms with Crippen molar-refractivity contribution in [3.05, 3.63) is 16.1 Å². The molecular weight excluding hydrogens is 292 g/mol. The topological polar surface area (TPSA) is 85.8 Å². The van der Waals surface area contributed by atoms with Gasteiger partial charge in [-0.25, -0.2) is 14.6 Å². The van der Waals surface area contributed by atoms with Gasteiger partial charge in [0.2, 0.25) is 0 Å². The second-order valence-electron chi connectivity index (χ2n) is 4.83. The Kier molecular flexibility index (Phi) is 7.10. The van der Waals surface area contributed by atoms with Crippen molar-refractivity contribution in [3.8, 4) is 0 Å². The number of aromatic carboxylic acids is 1. The minimum absolute atomic E-state index is 0.0163. The van der Waals surface area contributed by atoms with Gasteiger partial charge in [0.1, 0.15) is 5.01 Å².